The zero-order valence-electron chi connectivity index (χ0n) is 15.8. The molecule has 1 N–H and O–H groups in total. The number of carbonyl (C=O) groups excluding carboxylic acids is 1. The smallest absolute Gasteiger partial charge is 0.277 e. The first-order valence-corrected chi connectivity index (χ1v) is 8.95. The van der Waals surface area contributed by atoms with Crippen LogP contribution in [0.4, 0.5) is 10.2 Å². The van der Waals surface area contributed by atoms with E-state index in [1.54, 1.807) is 43.3 Å². The Morgan fingerprint density at radius 3 is 2.76 bits per heavy atom. The molecule has 9 heteroatoms. The van der Waals surface area contributed by atoms with Crippen LogP contribution in [0.15, 0.2) is 48.5 Å². The third-order valence-corrected chi connectivity index (χ3v) is 4.16. The fourth-order valence-electron chi connectivity index (χ4n) is 2.89. The molecule has 0 unspecified atom stereocenters. The van der Waals surface area contributed by atoms with Gasteiger partial charge < -0.3 is 10.1 Å². The van der Waals surface area contributed by atoms with Crippen LogP contribution < -0.4 is 10.1 Å². The lowest BCUT2D eigenvalue weighted by atomic mass is 10.1. The summed E-state index contributed by atoms with van der Waals surface area (Å²) in [4.78, 5) is 17.2. The third kappa shape index (κ3) is 3.75. The van der Waals surface area contributed by atoms with Crippen molar-refractivity contribution in [3.8, 4) is 17.1 Å². The highest BCUT2D eigenvalue weighted by atomic mass is 19.1. The van der Waals surface area contributed by atoms with Crippen LogP contribution >= 0.6 is 0 Å². The first kappa shape index (κ1) is 18.5. The van der Waals surface area contributed by atoms with Crippen LogP contribution in [-0.4, -0.2) is 37.3 Å². The van der Waals surface area contributed by atoms with E-state index >= 15 is 0 Å². The van der Waals surface area contributed by atoms with Crippen LogP contribution in [0.5, 0.6) is 5.88 Å². The van der Waals surface area contributed by atoms with Gasteiger partial charge in [-0.1, -0.05) is 12.1 Å². The number of hydrogen-bond donors (Lipinski definition) is 1. The first-order valence-electron chi connectivity index (χ1n) is 8.95. The third-order valence-electron chi connectivity index (χ3n) is 4.16. The second-order valence-corrected chi connectivity index (χ2v) is 6.19. The minimum atomic E-state index is -0.433. The predicted octanol–water partition coefficient (Wildman–Crippen LogP) is 3.28. The standard InChI is InChI=1S/C20H17FN6O2/c1-3-29-18-10-8-16(24-25-18)23-20(28)19-12(2)22-17-9-7-15(26-27(17)19)13-5-4-6-14(21)11-13/h4-11H,3H2,1-2H3,(H,23,24,28). The van der Waals surface area contributed by atoms with E-state index in [2.05, 4.69) is 25.6 Å². The second-order valence-electron chi connectivity index (χ2n) is 6.19. The van der Waals surface area contributed by atoms with Crippen molar-refractivity contribution in [1.29, 1.82) is 0 Å². The van der Waals surface area contributed by atoms with Gasteiger partial charge in [0.1, 0.15) is 5.82 Å². The topological polar surface area (TPSA) is 94.3 Å². The zero-order chi connectivity index (χ0) is 20.4. The molecule has 0 aliphatic heterocycles. The van der Waals surface area contributed by atoms with Crippen molar-refractivity contribution in [3.05, 3.63) is 65.7 Å². The van der Waals surface area contributed by atoms with Crippen LogP contribution in [0.3, 0.4) is 0 Å². The maximum Gasteiger partial charge on any atom is 0.277 e. The lowest BCUT2D eigenvalue weighted by Crippen LogP contribution is -2.17. The van der Waals surface area contributed by atoms with Gasteiger partial charge in [-0.3, -0.25) is 4.79 Å². The normalized spacial score (nSPS) is 10.9. The number of nitrogens with one attached hydrogen (secondary N) is 1. The number of nitrogens with zero attached hydrogens (tertiary/aromatic N) is 5. The van der Waals surface area contributed by atoms with Gasteiger partial charge >= 0.3 is 0 Å². The Bertz CT molecular complexity index is 1190. The number of carbonyl (C=O) groups is 1. The number of imidazole rings is 1. The van der Waals surface area contributed by atoms with E-state index in [0.29, 0.717) is 35.1 Å². The van der Waals surface area contributed by atoms with Gasteiger partial charge in [-0.05, 0) is 44.2 Å². The lowest BCUT2D eigenvalue weighted by Gasteiger charge is -2.07. The monoisotopic (exact) mass is 392 g/mol. The molecule has 1 amide bonds. The fourth-order valence-corrected chi connectivity index (χ4v) is 2.89. The Hall–Kier alpha value is -3.88. The average Bonchev–Trinajstić information content (AvgIpc) is 3.04. The SMILES string of the molecule is CCOc1ccc(NC(=O)c2c(C)nc3ccc(-c4cccc(F)c4)nn23)nn1. The van der Waals surface area contributed by atoms with E-state index in [9.17, 15) is 9.18 Å². The van der Waals surface area contributed by atoms with E-state index < -0.39 is 5.91 Å². The molecule has 29 heavy (non-hydrogen) atoms. The Balaban J connectivity index is 1.68. The predicted molar refractivity (Wildman–Crippen MR) is 104 cm³/mol. The van der Waals surface area contributed by atoms with Gasteiger partial charge in [-0.25, -0.2) is 13.9 Å². The van der Waals surface area contributed by atoms with Crippen molar-refractivity contribution >= 4 is 17.4 Å². The van der Waals surface area contributed by atoms with Gasteiger partial charge in [0.2, 0.25) is 5.88 Å². The van der Waals surface area contributed by atoms with E-state index in [1.165, 1.54) is 16.6 Å². The molecule has 0 saturated heterocycles. The van der Waals surface area contributed by atoms with Crippen molar-refractivity contribution in [2.75, 3.05) is 11.9 Å². The van der Waals surface area contributed by atoms with Crippen molar-refractivity contribution in [3.63, 3.8) is 0 Å². The molecule has 0 saturated carbocycles. The Kier molecular flexibility index (Phi) is 4.86. The van der Waals surface area contributed by atoms with Crippen molar-refractivity contribution in [2.24, 2.45) is 0 Å². The highest BCUT2D eigenvalue weighted by Crippen LogP contribution is 2.20. The number of aryl methyl sites for hydroxylation is 1. The molecule has 146 valence electrons. The van der Waals surface area contributed by atoms with E-state index in [0.717, 1.165) is 0 Å². The Morgan fingerprint density at radius 2 is 2.03 bits per heavy atom. The van der Waals surface area contributed by atoms with E-state index in [-0.39, 0.29) is 17.3 Å². The molecule has 0 spiro atoms. The molecule has 0 aliphatic carbocycles. The van der Waals surface area contributed by atoms with Crippen LogP contribution in [0.1, 0.15) is 23.1 Å². The molecular weight excluding hydrogens is 375 g/mol. The number of ether oxygens (including phenoxy) is 1. The number of benzene rings is 1. The second kappa shape index (κ2) is 7.63. The number of aromatic nitrogens is 5. The van der Waals surface area contributed by atoms with Gasteiger partial charge in [0, 0.05) is 11.6 Å². The number of fused-ring (bicyclic) bond motifs is 1. The van der Waals surface area contributed by atoms with Gasteiger partial charge in [0.05, 0.1) is 18.0 Å². The molecule has 4 rings (SSSR count). The summed E-state index contributed by atoms with van der Waals surface area (Å²) in [5.41, 5.74) is 2.39. The molecule has 3 heterocycles. The van der Waals surface area contributed by atoms with Gasteiger partial charge in [0.15, 0.2) is 17.2 Å². The largest absolute Gasteiger partial charge is 0.477 e. The summed E-state index contributed by atoms with van der Waals surface area (Å²) in [6, 6.07) is 12.8. The van der Waals surface area contributed by atoms with Gasteiger partial charge in [-0.2, -0.15) is 5.10 Å². The van der Waals surface area contributed by atoms with Crippen LogP contribution in [0, 0.1) is 12.7 Å². The summed E-state index contributed by atoms with van der Waals surface area (Å²) < 4.78 is 20.2. The van der Waals surface area contributed by atoms with Gasteiger partial charge in [0.25, 0.3) is 5.91 Å². The minimum absolute atomic E-state index is 0.258. The average molecular weight is 392 g/mol. The quantitative estimate of drug-likeness (QED) is 0.560. The number of anilines is 1. The number of amides is 1. The van der Waals surface area contributed by atoms with Crippen LogP contribution in [0.2, 0.25) is 0 Å². The maximum absolute atomic E-state index is 13.6. The van der Waals surface area contributed by atoms with Crippen molar-refractivity contribution in [2.45, 2.75) is 13.8 Å². The Morgan fingerprint density at radius 1 is 1.17 bits per heavy atom. The molecule has 0 fully saturated rings. The van der Waals surface area contributed by atoms with Crippen molar-refractivity contribution in [1.82, 2.24) is 24.8 Å². The summed E-state index contributed by atoms with van der Waals surface area (Å²) in [7, 11) is 0. The van der Waals surface area contributed by atoms with Crippen LogP contribution in [-0.2, 0) is 0 Å². The molecule has 0 radical (unpaired) electrons. The lowest BCUT2D eigenvalue weighted by molar-refractivity contribution is 0.101. The fraction of sp³-hybridized carbons (Fsp3) is 0.150. The first-order chi connectivity index (χ1) is 14.0. The minimum Gasteiger partial charge on any atom is -0.477 e. The number of rotatable bonds is 5. The molecule has 0 atom stereocenters. The summed E-state index contributed by atoms with van der Waals surface area (Å²) in [5.74, 6) is -0.150. The van der Waals surface area contributed by atoms with E-state index in [1.807, 2.05) is 6.92 Å². The van der Waals surface area contributed by atoms with E-state index in [4.69, 9.17) is 4.74 Å². The highest BCUT2D eigenvalue weighted by Gasteiger charge is 2.19. The Labute approximate surface area is 165 Å². The maximum atomic E-state index is 13.6. The summed E-state index contributed by atoms with van der Waals surface area (Å²) in [6.45, 7) is 4.03. The number of halogens is 1. The molecule has 8 nitrogen and oxygen atoms in total. The zero-order valence-corrected chi connectivity index (χ0v) is 15.8. The summed E-state index contributed by atoms with van der Waals surface area (Å²) in [5, 5.41) is 15.0. The van der Waals surface area contributed by atoms with Crippen molar-refractivity contribution < 1.29 is 13.9 Å². The van der Waals surface area contributed by atoms with Crippen LogP contribution in [0.25, 0.3) is 16.9 Å². The molecule has 1 aromatic carbocycles. The summed E-state index contributed by atoms with van der Waals surface area (Å²) >= 11 is 0. The molecule has 3 aromatic heterocycles. The molecular formula is C20H17FN6O2. The molecule has 4 aromatic rings. The molecule has 0 bridgehead atoms. The number of hydrogen-bond acceptors (Lipinski definition) is 6. The molecule has 0 aliphatic rings. The summed E-state index contributed by atoms with van der Waals surface area (Å²) in [6.07, 6.45) is 0. The highest BCUT2D eigenvalue weighted by molar-refractivity contribution is 6.03. The van der Waals surface area contributed by atoms with Gasteiger partial charge in [-0.15, -0.1) is 10.2 Å².